The second-order valence-corrected chi connectivity index (χ2v) is 4.44. The van der Waals surface area contributed by atoms with Gasteiger partial charge < -0.3 is 23.3 Å². The van der Waals surface area contributed by atoms with E-state index in [0.717, 1.165) is 25.6 Å². The topological polar surface area (TPSA) is 42.3 Å². The molecule has 112 valence electrons. The summed E-state index contributed by atoms with van der Waals surface area (Å²) in [5.41, 5.74) is 0. The summed E-state index contributed by atoms with van der Waals surface area (Å²) in [5.74, 6) is 0.300. The van der Waals surface area contributed by atoms with E-state index in [1.54, 1.807) is 28.2 Å². The predicted molar refractivity (Wildman–Crippen MR) is 84.8 cm³/mol. The van der Waals surface area contributed by atoms with Crippen molar-refractivity contribution < 1.29 is 30.2 Å². The first kappa shape index (κ1) is 28.0. The van der Waals surface area contributed by atoms with Gasteiger partial charge in [0.05, 0.1) is 0 Å². The largest absolute Gasteiger partial charge is 4.00 e. The molecule has 2 unspecified atom stereocenters. The smallest absolute Gasteiger partial charge is 0.689 e. The molecule has 2 atom stereocenters. The SMILES string of the molecule is C[N-]B(C)CC1CCCC1F.C[N-]C.C[N-]C.[CH3-].[Hf+4]. The minimum absolute atomic E-state index is 0. The van der Waals surface area contributed by atoms with Gasteiger partial charge in [-0.1, -0.05) is 12.7 Å². The molecule has 0 heterocycles. The second kappa shape index (κ2) is 21.1. The first-order valence-electron chi connectivity index (χ1n) is 6.26. The first-order chi connectivity index (χ1) is 8.06. The molecule has 0 amide bonds. The van der Waals surface area contributed by atoms with Crippen LogP contribution in [-0.4, -0.2) is 48.3 Å². The molecule has 1 aliphatic rings. The molecule has 0 saturated heterocycles. The van der Waals surface area contributed by atoms with Crippen molar-refractivity contribution in [2.24, 2.45) is 5.92 Å². The van der Waals surface area contributed by atoms with E-state index in [0.29, 0.717) is 12.8 Å². The van der Waals surface area contributed by atoms with E-state index in [4.69, 9.17) is 0 Å². The van der Waals surface area contributed by atoms with Crippen LogP contribution in [0, 0.1) is 13.3 Å². The maximum absolute atomic E-state index is 13.0. The zero-order valence-electron chi connectivity index (χ0n) is 13.8. The van der Waals surface area contributed by atoms with E-state index >= 15 is 0 Å². The summed E-state index contributed by atoms with van der Waals surface area (Å²) in [7, 11) is 8.81. The summed E-state index contributed by atoms with van der Waals surface area (Å²) in [6, 6.07) is 0. The Morgan fingerprint density at radius 2 is 1.47 bits per heavy atom. The Bertz CT molecular complexity index is 154. The molecular weight excluding hydrogens is 406 g/mol. The fourth-order valence-electron chi connectivity index (χ4n) is 1.80. The Kier molecular flexibility index (Phi) is 31.0. The van der Waals surface area contributed by atoms with Crippen molar-refractivity contribution in [1.82, 2.24) is 0 Å². The molecule has 1 saturated carbocycles. The number of halogens is 1. The number of alkyl halides is 1. The van der Waals surface area contributed by atoms with E-state index in [1.807, 2.05) is 7.05 Å². The van der Waals surface area contributed by atoms with Gasteiger partial charge in [-0.15, -0.1) is 6.82 Å². The average Bonchev–Trinajstić information content (AvgIpc) is 2.66. The molecule has 0 aromatic rings. The van der Waals surface area contributed by atoms with Crippen molar-refractivity contribution in [3.63, 3.8) is 0 Å². The molecule has 0 N–H and O–H groups in total. The third-order valence-corrected chi connectivity index (χ3v) is 2.65. The van der Waals surface area contributed by atoms with Crippen LogP contribution in [0.2, 0.25) is 13.1 Å². The Balaban J connectivity index is -0.000000122. The van der Waals surface area contributed by atoms with E-state index in [-0.39, 0.29) is 33.3 Å². The van der Waals surface area contributed by atoms with Gasteiger partial charge in [0.2, 0.25) is 0 Å². The molecule has 3 nitrogen and oxygen atoms in total. The van der Waals surface area contributed by atoms with Crippen LogP contribution in [0.4, 0.5) is 4.39 Å². The summed E-state index contributed by atoms with van der Waals surface area (Å²) >= 11 is 0. The van der Waals surface area contributed by atoms with E-state index in [1.165, 1.54) is 0 Å². The summed E-state index contributed by atoms with van der Waals surface area (Å²) in [6.07, 6.45) is 3.32. The van der Waals surface area contributed by atoms with Gasteiger partial charge in [0.1, 0.15) is 6.17 Å². The molecule has 0 spiro atoms. The maximum Gasteiger partial charge on any atom is 4.00 e. The number of nitrogens with zero attached hydrogens (tertiary/aromatic N) is 3. The molecule has 19 heavy (non-hydrogen) atoms. The third kappa shape index (κ3) is 18.7. The quantitative estimate of drug-likeness (QED) is 0.463. The van der Waals surface area contributed by atoms with Crippen molar-refractivity contribution in [3.8, 4) is 0 Å². The Morgan fingerprint density at radius 3 is 1.74 bits per heavy atom. The van der Waals surface area contributed by atoms with Gasteiger partial charge in [-0.3, -0.25) is 0 Å². The molecule has 0 aromatic carbocycles. The van der Waals surface area contributed by atoms with Crippen molar-refractivity contribution in [3.05, 3.63) is 23.3 Å². The van der Waals surface area contributed by atoms with Crippen LogP contribution in [-0.2, 0) is 25.8 Å². The summed E-state index contributed by atoms with van der Waals surface area (Å²) in [4.78, 5) is 0. The maximum atomic E-state index is 13.0. The third-order valence-electron chi connectivity index (χ3n) is 2.65. The number of hydrogen-bond donors (Lipinski definition) is 0. The van der Waals surface area contributed by atoms with Crippen molar-refractivity contribution >= 4 is 6.85 Å². The van der Waals surface area contributed by atoms with E-state index in [2.05, 4.69) is 22.7 Å². The van der Waals surface area contributed by atoms with Crippen molar-refractivity contribution in [1.29, 1.82) is 0 Å². The first-order valence-corrected chi connectivity index (χ1v) is 6.26. The van der Waals surface area contributed by atoms with Crippen LogP contribution in [0.1, 0.15) is 19.3 Å². The standard InChI is InChI=1S/C8H16BFN.2C2H6N.CH3.Hf/c1-9(11-2)6-7-4-3-5-8(7)10;2*1-3-2;;/h7-8H,3-6H2,1-2H3;2*1-2H3;1H3;/q4*-1;+4. The van der Waals surface area contributed by atoms with Gasteiger partial charge in [0.15, 0.2) is 0 Å². The molecule has 1 rings (SSSR count). The summed E-state index contributed by atoms with van der Waals surface area (Å²) in [5, 5.41) is 11.1. The summed E-state index contributed by atoms with van der Waals surface area (Å²) < 4.78 is 13.0. The molecule has 0 bridgehead atoms. The van der Waals surface area contributed by atoms with Gasteiger partial charge in [0, 0.05) is 6.85 Å². The second-order valence-electron chi connectivity index (χ2n) is 4.44. The Labute approximate surface area is 140 Å². The van der Waals surface area contributed by atoms with Crippen LogP contribution >= 0.6 is 0 Å². The van der Waals surface area contributed by atoms with Crippen LogP contribution in [0.15, 0.2) is 0 Å². The van der Waals surface area contributed by atoms with E-state index < -0.39 is 6.17 Å². The van der Waals surface area contributed by atoms with Gasteiger partial charge >= 0.3 is 25.8 Å². The molecule has 1 aliphatic carbocycles. The number of rotatable bonds is 3. The minimum Gasteiger partial charge on any atom is -0.689 e. The van der Waals surface area contributed by atoms with Gasteiger partial charge in [-0.25, -0.2) is 4.39 Å². The van der Waals surface area contributed by atoms with Crippen molar-refractivity contribution in [2.45, 2.75) is 38.6 Å². The Morgan fingerprint density at radius 1 is 1.05 bits per heavy atom. The molecule has 0 radical (unpaired) electrons. The minimum atomic E-state index is -0.542. The molecule has 0 aromatic heterocycles. The Hall–Kier alpha value is 0.745. The molecule has 1 fully saturated rings. The average molecular weight is 438 g/mol. The zero-order chi connectivity index (χ0) is 13.7. The normalized spacial score (nSPS) is 19.7. The van der Waals surface area contributed by atoms with Crippen LogP contribution < -0.4 is 0 Å². The fraction of sp³-hybridized carbons (Fsp3) is 0.923. The zero-order valence-corrected chi connectivity index (χ0v) is 17.4. The van der Waals surface area contributed by atoms with Crippen LogP contribution in [0.25, 0.3) is 15.9 Å². The fourth-order valence-corrected chi connectivity index (χ4v) is 1.80. The summed E-state index contributed by atoms with van der Waals surface area (Å²) in [6.45, 7) is 2.40. The van der Waals surface area contributed by atoms with Crippen molar-refractivity contribution in [2.75, 3.05) is 35.2 Å². The van der Waals surface area contributed by atoms with Crippen LogP contribution in [0.5, 0.6) is 0 Å². The number of hydrogen-bond acceptors (Lipinski definition) is 0. The van der Waals surface area contributed by atoms with Crippen LogP contribution in [0.3, 0.4) is 0 Å². The predicted octanol–water partition coefficient (Wildman–Crippen LogP) is 4.44. The van der Waals surface area contributed by atoms with E-state index in [9.17, 15) is 4.39 Å². The molecule has 0 aliphatic heterocycles. The molecule has 6 heteroatoms. The monoisotopic (exact) mass is 439 g/mol. The van der Waals surface area contributed by atoms with Gasteiger partial charge in [-0.2, -0.15) is 35.2 Å². The molecular formula is C13H31BFHfN3. The van der Waals surface area contributed by atoms with Gasteiger partial charge in [-0.05, 0) is 18.8 Å². The van der Waals surface area contributed by atoms with Gasteiger partial charge in [0.25, 0.3) is 0 Å².